The average Bonchev–Trinajstić information content (AvgIpc) is 2.79. The number of thiophene rings is 1. The van der Waals surface area contributed by atoms with Crippen molar-refractivity contribution in [1.82, 2.24) is 0 Å². The van der Waals surface area contributed by atoms with E-state index in [0.29, 0.717) is 11.3 Å². The zero-order chi connectivity index (χ0) is 14.7. The molecule has 1 heterocycles. The molecular weight excluding hydrogens is 280 g/mol. The van der Waals surface area contributed by atoms with Gasteiger partial charge in [-0.15, -0.1) is 11.3 Å². The molecule has 1 aliphatic rings. The van der Waals surface area contributed by atoms with E-state index in [1.165, 1.54) is 29.7 Å². The number of fused-ring (bicyclic) bond motifs is 1. The maximum atomic E-state index is 12.3. The predicted octanol–water partition coefficient (Wildman–Crippen LogP) is 4.14. The average molecular weight is 296 g/mol. The molecule has 0 saturated heterocycles. The number of benzene rings is 1. The number of aryl methyl sites for hydroxylation is 2. The summed E-state index contributed by atoms with van der Waals surface area (Å²) < 4.78 is 0. The summed E-state index contributed by atoms with van der Waals surface area (Å²) in [5.74, 6) is -0.0804. The van der Waals surface area contributed by atoms with Crippen molar-refractivity contribution < 1.29 is 4.79 Å². The Morgan fingerprint density at radius 2 is 2.05 bits per heavy atom. The predicted molar refractivity (Wildman–Crippen MR) is 84.7 cm³/mol. The number of nitrogens with zero attached hydrogens (tertiary/aromatic N) is 1. The molecule has 4 heteroatoms. The molecule has 1 aromatic carbocycles. The molecule has 21 heavy (non-hydrogen) atoms. The summed E-state index contributed by atoms with van der Waals surface area (Å²) in [6, 6.07) is 11.1. The standard InChI is InChI=1S/C17H16N2OS/c18-11-12-5-4-7-14(9-12)19-17(20)16-10-13-6-2-1-3-8-15(13)21-16/h4-5,7,9-10H,1-3,6,8H2,(H,19,20). The Morgan fingerprint density at radius 1 is 1.19 bits per heavy atom. The van der Waals surface area contributed by atoms with Gasteiger partial charge in [-0.05, 0) is 55.5 Å². The van der Waals surface area contributed by atoms with Crippen molar-refractivity contribution in [3.05, 3.63) is 51.2 Å². The first kappa shape index (κ1) is 13.8. The molecule has 0 aliphatic heterocycles. The van der Waals surface area contributed by atoms with Gasteiger partial charge in [-0.1, -0.05) is 12.5 Å². The van der Waals surface area contributed by atoms with Gasteiger partial charge in [0.25, 0.3) is 5.91 Å². The Bertz CT molecular complexity index is 688. The van der Waals surface area contributed by atoms with Crippen LogP contribution in [0.3, 0.4) is 0 Å². The number of amides is 1. The fourth-order valence-electron chi connectivity index (χ4n) is 2.64. The Hall–Kier alpha value is -2.12. The molecule has 2 aromatic rings. The summed E-state index contributed by atoms with van der Waals surface area (Å²) in [5.41, 5.74) is 2.56. The number of nitrogens with one attached hydrogen (secondary N) is 1. The second-order valence-corrected chi connectivity index (χ2v) is 6.40. The van der Waals surface area contributed by atoms with E-state index in [1.54, 1.807) is 35.6 Å². The Kier molecular flexibility index (Phi) is 4.03. The van der Waals surface area contributed by atoms with E-state index in [2.05, 4.69) is 11.4 Å². The van der Waals surface area contributed by atoms with Crippen molar-refractivity contribution in [2.75, 3.05) is 5.32 Å². The zero-order valence-electron chi connectivity index (χ0n) is 11.7. The van der Waals surface area contributed by atoms with Crippen molar-refractivity contribution in [3.63, 3.8) is 0 Å². The van der Waals surface area contributed by atoms with Gasteiger partial charge < -0.3 is 5.32 Å². The molecule has 0 radical (unpaired) electrons. The number of hydrogen-bond donors (Lipinski definition) is 1. The first-order valence-corrected chi connectivity index (χ1v) is 8.01. The van der Waals surface area contributed by atoms with Gasteiger partial charge in [0, 0.05) is 10.6 Å². The molecule has 1 amide bonds. The van der Waals surface area contributed by atoms with E-state index in [0.717, 1.165) is 17.7 Å². The highest BCUT2D eigenvalue weighted by Gasteiger charge is 2.16. The van der Waals surface area contributed by atoms with Crippen molar-refractivity contribution in [2.45, 2.75) is 32.1 Å². The molecule has 3 rings (SSSR count). The molecule has 0 atom stereocenters. The van der Waals surface area contributed by atoms with Gasteiger partial charge in [0.1, 0.15) is 0 Å². The van der Waals surface area contributed by atoms with Crippen molar-refractivity contribution in [2.24, 2.45) is 0 Å². The summed E-state index contributed by atoms with van der Waals surface area (Å²) in [5, 5.41) is 11.8. The van der Waals surface area contributed by atoms with Crippen LogP contribution in [0.1, 0.15) is 44.9 Å². The van der Waals surface area contributed by atoms with Gasteiger partial charge in [-0.3, -0.25) is 4.79 Å². The topological polar surface area (TPSA) is 52.9 Å². The highest BCUT2D eigenvalue weighted by Crippen LogP contribution is 2.29. The van der Waals surface area contributed by atoms with Crippen LogP contribution in [0, 0.1) is 11.3 Å². The maximum Gasteiger partial charge on any atom is 0.265 e. The van der Waals surface area contributed by atoms with E-state index >= 15 is 0 Å². The number of hydrogen-bond acceptors (Lipinski definition) is 3. The van der Waals surface area contributed by atoms with Crippen LogP contribution in [0.4, 0.5) is 5.69 Å². The van der Waals surface area contributed by atoms with E-state index in [1.807, 2.05) is 6.07 Å². The lowest BCUT2D eigenvalue weighted by atomic mass is 10.1. The highest BCUT2D eigenvalue weighted by molar-refractivity contribution is 7.14. The van der Waals surface area contributed by atoms with Crippen LogP contribution in [0.15, 0.2) is 30.3 Å². The van der Waals surface area contributed by atoms with Crippen LogP contribution in [0.5, 0.6) is 0 Å². The Morgan fingerprint density at radius 3 is 2.90 bits per heavy atom. The van der Waals surface area contributed by atoms with E-state index < -0.39 is 0 Å². The summed E-state index contributed by atoms with van der Waals surface area (Å²) in [4.78, 5) is 14.5. The smallest absolute Gasteiger partial charge is 0.265 e. The van der Waals surface area contributed by atoms with Crippen LogP contribution in [-0.2, 0) is 12.8 Å². The lowest BCUT2D eigenvalue weighted by molar-refractivity contribution is 0.103. The van der Waals surface area contributed by atoms with E-state index in [4.69, 9.17) is 5.26 Å². The van der Waals surface area contributed by atoms with Crippen molar-refractivity contribution >= 4 is 22.9 Å². The van der Waals surface area contributed by atoms with Gasteiger partial charge in [-0.25, -0.2) is 0 Å². The van der Waals surface area contributed by atoms with Crippen LogP contribution in [0.25, 0.3) is 0 Å². The minimum Gasteiger partial charge on any atom is -0.321 e. The second kappa shape index (κ2) is 6.11. The molecule has 1 N–H and O–H groups in total. The van der Waals surface area contributed by atoms with Crippen molar-refractivity contribution in [3.8, 4) is 6.07 Å². The molecule has 106 valence electrons. The minimum absolute atomic E-state index is 0.0804. The third-order valence-electron chi connectivity index (χ3n) is 3.72. The molecule has 1 aliphatic carbocycles. The number of carbonyl (C=O) groups excluding carboxylic acids is 1. The molecule has 0 unspecified atom stereocenters. The monoisotopic (exact) mass is 296 g/mol. The number of carbonyl (C=O) groups is 1. The molecular formula is C17H16N2OS. The van der Waals surface area contributed by atoms with E-state index in [-0.39, 0.29) is 5.91 Å². The molecule has 0 spiro atoms. The first-order valence-electron chi connectivity index (χ1n) is 7.19. The normalized spacial score (nSPS) is 13.9. The quantitative estimate of drug-likeness (QED) is 0.847. The summed E-state index contributed by atoms with van der Waals surface area (Å²) in [6.45, 7) is 0. The van der Waals surface area contributed by atoms with Gasteiger partial charge in [-0.2, -0.15) is 5.26 Å². The molecule has 3 nitrogen and oxygen atoms in total. The first-order chi connectivity index (χ1) is 10.3. The molecule has 0 saturated carbocycles. The van der Waals surface area contributed by atoms with Crippen LogP contribution in [-0.4, -0.2) is 5.91 Å². The summed E-state index contributed by atoms with van der Waals surface area (Å²) >= 11 is 1.61. The van der Waals surface area contributed by atoms with Crippen LogP contribution < -0.4 is 5.32 Å². The number of anilines is 1. The number of nitriles is 1. The van der Waals surface area contributed by atoms with Gasteiger partial charge in [0.15, 0.2) is 0 Å². The lowest BCUT2D eigenvalue weighted by Crippen LogP contribution is -2.10. The van der Waals surface area contributed by atoms with Gasteiger partial charge in [0.2, 0.25) is 0 Å². The van der Waals surface area contributed by atoms with Crippen LogP contribution in [0.2, 0.25) is 0 Å². The molecule has 0 fully saturated rings. The SMILES string of the molecule is N#Cc1cccc(NC(=O)c2cc3c(s2)CCCCC3)c1. The lowest BCUT2D eigenvalue weighted by Gasteiger charge is -2.03. The van der Waals surface area contributed by atoms with Gasteiger partial charge in [0.05, 0.1) is 16.5 Å². The largest absolute Gasteiger partial charge is 0.321 e. The number of rotatable bonds is 2. The fraction of sp³-hybridized carbons (Fsp3) is 0.294. The fourth-order valence-corrected chi connectivity index (χ4v) is 3.79. The molecule has 0 bridgehead atoms. The Labute approximate surface area is 128 Å². The second-order valence-electron chi connectivity index (χ2n) is 5.27. The maximum absolute atomic E-state index is 12.3. The van der Waals surface area contributed by atoms with Gasteiger partial charge >= 0.3 is 0 Å². The Balaban J connectivity index is 1.78. The van der Waals surface area contributed by atoms with Crippen molar-refractivity contribution in [1.29, 1.82) is 5.26 Å². The summed E-state index contributed by atoms with van der Waals surface area (Å²) in [7, 11) is 0. The third kappa shape index (κ3) is 3.14. The molecule has 1 aromatic heterocycles. The van der Waals surface area contributed by atoms with E-state index in [9.17, 15) is 4.79 Å². The van der Waals surface area contributed by atoms with Crippen LogP contribution >= 0.6 is 11.3 Å². The summed E-state index contributed by atoms with van der Waals surface area (Å²) in [6.07, 6.45) is 5.90. The minimum atomic E-state index is -0.0804. The highest BCUT2D eigenvalue weighted by atomic mass is 32.1. The third-order valence-corrected chi connectivity index (χ3v) is 4.96. The zero-order valence-corrected chi connectivity index (χ0v) is 12.5.